The number of rotatable bonds is 4. The highest BCUT2D eigenvalue weighted by Gasteiger charge is 2.31. The standard InChI is InChI=1S/C21H24N2O3/c24-20(11-13-22-15-16-7-3-4-8-17(16)21(22)25)23-12-5-1-2-9-18(23)19-10-6-14-26-19/h3-4,6-8,10,14,18H,1-2,5,9,11-13,15H2/t18-/m1/s1. The van der Waals surface area contributed by atoms with Crippen molar-refractivity contribution in [3.63, 3.8) is 0 Å². The zero-order valence-electron chi connectivity index (χ0n) is 14.9. The van der Waals surface area contributed by atoms with Crippen LogP contribution in [0.3, 0.4) is 0 Å². The number of amides is 2. The van der Waals surface area contributed by atoms with Crippen molar-refractivity contribution in [2.75, 3.05) is 13.1 Å². The van der Waals surface area contributed by atoms with Crippen LogP contribution >= 0.6 is 0 Å². The molecule has 1 fully saturated rings. The Morgan fingerprint density at radius 3 is 2.81 bits per heavy atom. The minimum atomic E-state index is 0.0199. The van der Waals surface area contributed by atoms with Gasteiger partial charge in [-0.1, -0.05) is 31.0 Å². The lowest BCUT2D eigenvalue weighted by Gasteiger charge is -2.29. The van der Waals surface area contributed by atoms with Gasteiger partial charge in [0.2, 0.25) is 5.91 Å². The SMILES string of the molecule is O=C1c2ccccc2CN1CCC(=O)N1CCCCC[C@@H]1c1ccco1. The smallest absolute Gasteiger partial charge is 0.254 e. The maximum absolute atomic E-state index is 12.9. The van der Waals surface area contributed by atoms with E-state index in [1.54, 1.807) is 11.2 Å². The highest BCUT2D eigenvalue weighted by Crippen LogP contribution is 2.31. The third kappa shape index (κ3) is 3.26. The van der Waals surface area contributed by atoms with Crippen molar-refractivity contribution in [1.29, 1.82) is 0 Å². The van der Waals surface area contributed by atoms with Gasteiger partial charge in [-0.3, -0.25) is 9.59 Å². The highest BCUT2D eigenvalue weighted by atomic mass is 16.3. The zero-order chi connectivity index (χ0) is 17.9. The highest BCUT2D eigenvalue weighted by molar-refractivity contribution is 5.98. The first kappa shape index (κ1) is 16.9. The topological polar surface area (TPSA) is 53.8 Å². The molecule has 2 aliphatic heterocycles. The molecule has 2 aliphatic rings. The molecular weight excluding hydrogens is 328 g/mol. The summed E-state index contributed by atoms with van der Waals surface area (Å²) in [4.78, 5) is 29.2. The molecule has 1 aromatic heterocycles. The maximum Gasteiger partial charge on any atom is 0.254 e. The van der Waals surface area contributed by atoms with Gasteiger partial charge in [-0.05, 0) is 36.6 Å². The van der Waals surface area contributed by atoms with E-state index in [4.69, 9.17) is 4.42 Å². The van der Waals surface area contributed by atoms with Crippen LogP contribution in [0.1, 0.15) is 59.8 Å². The van der Waals surface area contributed by atoms with Crippen molar-refractivity contribution in [1.82, 2.24) is 9.80 Å². The van der Waals surface area contributed by atoms with Crippen molar-refractivity contribution in [2.24, 2.45) is 0 Å². The van der Waals surface area contributed by atoms with E-state index < -0.39 is 0 Å². The van der Waals surface area contributed by atoms with Gasteiger partial charge in [-0.2, -0.15) is 0 Å². The van der Waals surface area contributed by atoms with Crippen LogP contribution in [0.15, 0.2) is 47.1 Å². The molecule has 2 aromatic rings. The molecule has 1 aromatic carbocycles. The number of carbonyl (C=O) groups excluding carboxylic acids is 2. The number of benzene rings is 1. The molecule has 26 heavy (non-hydrogen) atoms. The Labute approximate surface area is 153 Å². The van der Waals surface area contributed by atoms with Crippen LogP contribution < -0.4 is 0 Å². The average Bonchev–Trinajstić information content (AvgIpc) is 3.22. The number of likely N-dealkylation sites (tertiary alicyclic amines) is 1. The second-order valence-electron chi connectivity index (χ2n) is 7.10. The predicted molar refractivity (Wildman–Crippen MR) is 97.4 cm³/mol. The molecule has 3 heterocycles. The Balaban J connectivity index is 1.41. The molecular formula is C21H24N2O3. The Morgan fingerprint density at radius 2 is 2.00 bits per heavy atom. The van der Waals surface area contributed by atoms with E-state index >= 15 is 0 Å². The van der Waals surface area contributed by atoms with Gasteiger partial charge in [-0.15, -0.1) is 0 Å². The molecule has 0 saturated carbocycles. The third-order valence-corrected chi connectivity index (χ3v) is 5.44. The quantitative estimate of drug-likeness (QED) is 0.842. The summed E-state index contributed by atoms with van der Waals surface area (Å²) in [5.74, 6) is 1.01. The normalized spacial score (nSPS) is 20.2. The molecule has 5 heteroatoms. The Morgan fingerprint density at radius 1 is 1.12 bits per heavy atom. The van der Waals surface area contributed by atoms with Gasteiger partial charge in [0, 0.05) is 31.6 Å². The van der Waals surface area contributed by atoms with Crippen LogP contribution in [0.25, 0.3) is 0 Å². The molecule has 1 atom stereocenters. The lowest BCUT2D eigenvalue weighted by atomic mass is 10.1. The first-order valence-corrected chi connectivity index (χ1v) is 9.44. The fraction of sp³-hybridized carbons (Fsp3) is 0.429. The van der Waals surface area contributed by atoms with Gasteiger partial charge in [0.25, 0.3) is 5.91 Å². The minimum absolute atomic E-state index is 0.0199. The fourth-order valence-corrected chi connectivity index (χ4v) is 4.05. The van der Waals surface area contributed by atoms with Gasteiger partial charge in [0.15, 0.2) is 0 Å². The number of hydrogen-bond donors (Lipinski definition) is 0. The summed E-state index contributed by atoms with van der Waals surface area (Å²) in [5.41, 5.74) is 1.82. The number of fused-ring (bicyclic) bond motifs is 1. The summed E-state index contributed by atoms with van der Waals surface area (Å²) >= 11 is 0. The van der Waals surface area contributed by atoms with Crippen molar-refractivity contribution >= 4 is 11.8 Å². The van der Waals surface area contributed by atoms with E-state index in [0.29, 0.717) is 19.5 Å². The molecule has 0 bridgehead atoms. The van der Waals surface area contributed by atoms with Crippen LogP contribution in [0.4, 0.5) is 0 Å². The number of furan rings is 1. The molecule has 4 rings (SSSR count). The molecule has 0 unspecified atom stereocenters. The third-order valence-electron chi connectivity index (χ3n) is 5.44. The number of hydrogen-bond acceptors (Lipinski definition) is 3. The monoisotopic (exact) mass is 352 g/mol. The van der Waals surface area contributed by atoms with E-state index in [1.165, 1.54) is 0 Å². The molecule has 0 radical (unpaired) electrons. The van der Waals surface area contributed by atoms with Crippen LogP contribution in [-0.2, 0) is 11.3 Å². The Kier molecular flexibility index (Phi) is 4.78. The lowest BCUT2D eigenvalue weighted by Crippen LogP contribution is -2.37. The lowest BCUT2D eigenvalue weighted by molar-refractivity contribution is -0.134. The maximum atomic E-state index is 12.9. The van der Waals surface area contributed by atoms with Gasteiger partial charge in [-0.25, -0.2) is 0 Å². The van der Waals surface area contributed by atoms with Crippen LogP contribution in [0, 0.1) is 0 Å². The summed E-state index contributed by atoms with van der Waals surface area (Å²) < 4.78 is 5.59. The first-order valence-electron chi connectivity index (χ1n) is 9.44. The second-order valence-corrected chi connectivity index (χ2v) is 7.10. The summed E-state index contributed by atoms with van der Waals surface area (Å²) in [6.07, 6.45) is 6.24. The second kappa shape index (κ2) is 7.36. The molecule has 0 N–H and O–H groups in total. The molecule has 2 amide bonds. The van der Waals surface area contributed by atoms with Gasteiger partial charge in [0.05, 0.1) is 12.3 Å². The summed E-state index contributed by atoms with van der Waals surface area (Å²) in [5, 5.41) is 0. The zero-order valence-corrected chi connectivity index (χ0v) is 14.9. The number of nitrogens with zero attached hydrogens (tertiary/aromatic N) is 2. The Hall–Kier alpha value is -2.56. The predicted octanol–water partition coefficient (Wildman–Crippen LogP) is 3.77. The molecule has 0 spiro atoms. The molecule has 5 nitrogen and oxygen atoms in total. The number of carbonyl (C=O) groups is 2. The molecule has 1 saturated heterocycles. The summed E-state index contributed by atoms with van der Waals surface area (Å²) in [6, 6.07) is 11.5. The van der Waals surface area contributed by atoms with Gasteiger partial charge < -0.3 is 14.2 Å². The van der Waals surface area contributed by atoms with Crippen molar-refractivity contribution in [2.45, 2.75) is 44.7 Å². The minimum Gasteiger partial charge on any atom is -0.467 e. The van der Waals surface area contributed by atoms with E-state index in [2.05, 4.69) is 0 Å². The van der Waals surface area contributed by atoms with Crippen molar-refractivity contribution in [3.8, 4) is 0 Å². The summed E-state index contributed by atoms with van der Waals surface area (Å²) in [6.45, 7) is 1.83. The van der Waals surface area contributed by atoms with E-state index in [1.807, 2.05) is 41.3 Å². The molecule has 136 valence electrons. The fourth-order valence-electron chi connectivity index (χ4n) is 4.05. The molecule has 0 aliphatic carbocycles. The van der Waals surface area contributed by atoms with Gasteiger partial charge >= 0.3 is 0 Å². The van der Waals surface area contributed by atoms with Crippen molar-refractivity contribution < 1.29 is 14.0 Å². The van der Waals surface area contributed by atoms with Crippen molar-refractivity contribution in [3.05, 3.63) is 59.5 Å². The largest absolute Gasteiger partial charge is 0.467 e. The van der Waals surface area contributed by atoms with Crippen LogP contribution in [0.2, 0.25) is 0 Å². The van der Waals surface area contributed by atoms with Crippen LogP contribution in [0.5, 0.6) is 0 Å². The first-order chi connectivity index (χ1) is 12.7. The van der Waals surface area contributed by atoms with Gasteiger partial charge in [0.1, 0.15) is 5.76 Å². The van der Waals surface area contributed by atoms with E-state index in [0.717, 1.165) is 49.1 Å². The summed E-state index contributed by atoms with van der Waals surface area (Å²) in [7, 11) is 0. The van der Waals surface area contributed by atoms with Crippen LogP contribution in [-0.4, -0.2) is 34.7 Å². The average molecular weight is 352 g/mol. The Bertz CT molecular complexity index is 784. The van der Waals surface area contributed by atoms with E-state index in [-0.39, 0.29) is 17.9 Å². The van der Waals surface area contributed by atoms with E-state index in [9.17, 15) is 9.59 Å².